The number of benzene rings is 1. The average molecular weight is 433 g/mol. The molecule has 1 amide bonds. The molecule has 1 aliphatic heterocycles. The highest BCUT2D eigenvalue weighted by Gasteiger charge is 2.36. The number of hydrogen-bond donors (Lipinski definition) is 0. The minimum absolute atomic E-state index is 0.251. The third-order valence-corrected chi connectivity index (χ3v) is 6.53. The Balaban J connectivity index is 2.13. The van der Waals surface area contributed by atoms with Crippen molar-refractivity contribution in [2.45, 2.75) is 49.6 Å². The van der Waals surface area contributed by atoms with Crippen molar-refractivity contribution < 1.29 is 17.9 Å². The molecule has 0 radical (unpaired) electrons. The van der Waals surface area contributed by atoms with E-state index >= 15 is 0 Å². The van der Waals surface area contributed by atoms with Gasteiger partial charge >= 0.3 is 6.09 Å². The molecule has 0 bridgehead atoms. The van der Waals surface area contributed by atoms with Crippen LogP contribution in [-0.4, -0.2) is 55.0 Å². The van der Waals surface area contributed by atoms with Crippen molar-refractivity contribution in [3.63, 3.8) is 0 Å². The molecule has 1 saturated heterocycles. The van der Waals surface area contributed by atoms with Gasteiger partial charge in [0.15, 0.2) is 0 Å². The van der Waals surface area contributed by atoms with Crippen LogP contribution < -0.4 is 0 Å². The quantitative estimate of drug-likeness (QED) is 0.687. The molecular formula is C17H25BrN2O4S. The van der Waals surface area contributed by atoms with Gasteiger partial charge in [-0.05, 0) is 45.4 Å². The lowest BCUT2D eigenvalue weighted by molar-refractivity contribution is 0.0143. The summed E-state index contributed by atoms with van der Waals surface area (Å²) in [5.74, 6) is 0. The van der Waals surface area contributed by atoms with Gasteiger partial charge in [0.1, 0.15) is 5.60 Å². The third-order valence-electron chi connectivity index (χ3n) is 3.88. The number of nitrogens with zero attached hydrogens (tertiary/aromatic N) is 2. The summed E-state index contributed by atoms with van der Waals surface area (Å²) in [5.41, 5.74) is 0.334. The van der Waals surface area contributed by atoms with Gasteiger partial charge in [-0.2, -0.15) is 4.31 Å². The van der Waals surface area contributed by atoms with Crippen molar-refractivity contribution in [3.05, 3.63) is 29.8 Å². The minimum Gasteiger partial charge on any atom is -0.444 e. The van der Waals surface area contributed by atoms with Gasteiger partial charge in [-0.25, -0.2) is 13.2 Å². The standard InChI is InChI=1S/C17H25BrN2O4S/c1-13-12-19(16(21)24-17(2,3)4)8-9-20(13)25(22,23)15-7-5-6-14(10-15)11-18/h5-7,10,13H,8-9,11-12H2,1-4H3/t13-/m0/s1. The number of alkyl halides is 1. The van der Waals surface area contributed by atoms with Crippen LogP contribution in [0.1, 0.15) is 33.3 Å². The van der Waals surface area contributed by atoms with E-state index in [1.807, 2.05) is 33.8 Å². The second kappa shape index (κ2) is 7.63. The Morgan fingerprint density at radius 3 is 2.56 bits per heavy atom. The smallest absolute Gasteiger partial charge is 0.410 e. The Labute approximate surface area is 158 Å². The Morgan fingerprint density at radius 1 is 1.32 bits per heavy atom. The van der Waals surface area contributed by atoms with Crippen LogP contribution in [0.4, 0.5) is 4.79 Å². The van der Waals surface area contributed by atoms with Crippen LogP contribution in [0.3, 0.4) is 0 Å². The van der Waals surface area contributed by atoms with Gasteiger partial charge < -0.3 is 9.64 Å². The summed E-state index contributed by atoms with van der Waals surface area (Å²) in [5, 5.41) is 0.596. The first kappa shape index (κ1) is 20.2. The van der Waals surface area contributed by atoms with E-state index in [4.69, 9.17) is 4.74 Å². The topological polar surface area (TPSA) is 66.9 Å². The third kappa shape index (κ3) is 4.95. The van der Waals surface area contributed by atoms with Crippen molar-refractivity contribution in [3.8, 4) is 0 Å². The fraction of sp³-hybridized carbons (Fsp3) is 0.588. The normalized spacial score (nSPS) is 19.7. The molecule has 1 atom stereocenters. The molecule has 1 aromatic carbocycles. The van der Waals surface area contributed by atoms with Crippen LogP contribution in [-0.2, 0) is 20.1 Å². The zero-order valence-electron chi connectivity index (χ0n) is 15.0. The first-order chi connectivity index (χ1) is 11.5. The van der Waals surface area contributed by atoms with Crippen molar-refractivity contribution in [2.24, 2.45) is 0 Å². The second-order valence-electron chi connectivity index (χ2n) is 7.17. The summed E-state index contributed by atoms with van der Waals surface area (Å²) in [6, 6.07) is 6.58. The molecule has 2 rings (SSSR count). The molecule has 8 heteroatoms. The van der Waals surface area contributed by atoms with Gasteiger partial charge in [0, 0.05) is 31.0 Å². The summed E-state index contributed by atoms with van der Waals surface area (Å²) in [6.45, 7) is 8.12. The number of piperazine rings is 1. The van der Waals surface area contributed by atoms with Crippen molar-refractivity contribution in [2.75, 3.05) is 19.6 Å². The van der Waals surface area contributed by atoms with Crippen LogP contribution in [0.5, 0.6) is 0 Å². The molecule has 0 spiro atoms. The summed E-state index contributed by atoms with van der Waals surface area (Å²) < 4.78 is 32.7. The molecular weight excluding hydrogens is 408 g/mol. The Kier molecular flexibility index (Phi) is 6.17. The molecule has 1 heterocycles. The number of carbonyl (C=O) groups excluding carboxylic acids is 1. The monoisotopic (exact) mass is 432 g/mol. The van der Waals surface area contributed by atoms with Gasteiger partial charge in [0.05, 0.1) is 4.90 Å². The van der Waals surface area contributed by atoms with Crippen LogP contribution in [0.2, 0.25) is 0 Å². The number of ether oxygens (including phenoxy) is 1. The largest absolute Gasteiger partial charge is 0.444 e. The van der Waals surface area contributed by atoms with E-state index in [0.717, 1.165) is 5.56 Å². The predicted octanol–water partition coefficient (Wildman–Crippen LogP) is 3.21. The summed E-state index contributed by atoms with van der Waals surface area (Å²) in [6.07, 6.45) is -0.405. The van der Waals surface area contributed by atoms with E-state index in [2.05, 4.69) is 15.9 Å². The number of rotatable bonds is 3. The number of halogens is 1. The highest BCUT2D eigenvalue weighted by molar-refractivity contribution is 9.08. The van der Waals surface area contributed by atoms with E-state index < -0.39 is 21.7 Å². The fourth-order valence-electron chi connectivity index (χ4n) is 2.71. The maximum Gasteiger partial charge on any atom is 0.410 e. The molecule has 1 fully saturated rings. The molecule has 1 aliphatic rings. The molecule has 0 unspecified atom stereocenters. The minimum atomic E-state index is -3.59. The number of hydrogen-bond acceptors (Lipinski definition) is 4. The maximum absolute atomic E-state index is 12.9. The van der Waals surface area contributed by atoms with Crippen molar-refractivity contribution in [1.29, 1.82) is 0 Å². The van der Waals surface area contributed by atoms with Gasteiger partial charge in [-0.1, -0.05) is 28.1 Å². The summed E-state index contributed by atoms with van der Waals surface area (Å²) in [7, 11) is -3.59. The first-order valence-electron chi connectivity index (χ1n) is 8.19. The lowest BCUT2D eigenvalue weighted by Gasteiger charge is -2.39. The van der Waals surface area contributed by atoms with E-state index in [1.54, 1.807) is 23.1 Å². The van der Waals surface area contributed by atoms with Crippen LogP contribution in [0.25, 0.3) is 0 Å². The molecule has 140 valence electrons. The van der Waals surface area contributed by atoms with Gasteiger partial charge in [-0.15, -0.1) is 0 Å². The van der Waals surface area contributed by atoms with Gasteiger partial charge in [-0.3, -0.25) is 0 Å². The van der Waals surface area contributed by atoms with Crippen molar-refractivity contribution >= 4 is 32.0 Å². The zero-order chi connectivity index (χ0) is 18.8. The van der Waals surface area contributed by atoms with Gasteiger partial charge in [0.2, 0.25) is 10.0 Å². The molecule has 0 saturated carbocycles. The van der Waals surface area contributed by atoms with Crippen LogP contribution >= 0.6 is 15.9 Å². The SMILES string of the molecule is C[C@H]1CN(C(=O)OC(C)(C)C)CCN1S(=O)(=O)c1cccc(CBr)c1. The van der Waals surface area contributed by atoms with Crippen LogP contribution in [0, 0.1) is 0 Å². The fourth-order valence-corrected chi connectivity index (χ4v) is 4.75. The molecule has 6 nitrogen and oxygen atoms in total. The van der Waals surface area contributed by atoms with Crippen LogP contribution in [0.15, 0.2) is 29.2 Å². The first-order valence-corrected chi connectivity index (χ1v) is 10.8. The molecule has 1 aromatic rings. The maximum atomic E-state index is 12.9. The lowest BCUT2D eigenvalue weighted by atomic mass is 10.2. The molecule has 25 heavy (non-hydrogen) atoms. The Bertz CT molecular complexity index is 730. The number of sulfonamides is 1. The molecule has 0 aromatic heterocycles. The lowest BCUT2D eigenvalue weighted by Crippen LogP contribution is -2.56. The second-order valence-corrected chi connectivity index (χ2v) is 9.62. The molecule has 0 N–H and O–H groups in total. The predicted molar refractivity (Wildman–Crippen MR) is 100 cm³/mol. The number of amides is 1. The van der Waals surface area contributed by atoms with E-state index in [9.17, 15) is 13.2 Å². The Morgan fingerprint density at radius 2 is 2.00 bits per heavy atom. The van der Waals surface area contributed by atoms with E-state index in [-0.39, 0.29) is 17.5 Å². The average Bonchev–Trinajstić information content (AvgIpc) is 2.53. The highest BCUT2D eigenvalue weighted by atomic mass is 79.9. The molecule has 0 aliphatic carbocycles. The van der Waals surface area contributed by atoms with Gasteiger partial charge in [0.25, 0.3) is 0 Å². The number of carbonyl (C=O) groups is 1. The van der Waals surface area contributed by atoms with Crippen molar-refractivity contribution in [1.82, 2.24) is 9.21 Å². The summed E-state index contributed by atoms with van der Waals surface area (Å²) in [4.78, 5) is 14.0. The Hall–Kier alpha value is -1.12. The zero-order valence-corrected chi connectivity index (χ0v) is 17.4. The summed E-state index contributed by atoms with van der Waals surface area (Å²) >= 11 is 3.35. The van der Waals surface area contributed by atoms with E-state index in [1.165, 1.54) is 4.31 Å². The highest BCUT2D eigenvalue weighted by Crippen LogP contribution is 2.23. The van der Waals surface area contributed by atoms with E-state index in [0.29, 0.717) is 18.4 Å².